The van der Waals surface area contributed by atoms with Crippen molar-refractivity contribution in [2.24, 2.45) is 0 Å². The third-order valence-corrected chi connectivity index (χ3v) is 11.2. The van der Waals surface area contributed by atoms with Crippen LogP contribution < -0.4 is 4.90 Å². The van der Waals surface area contributed by atoms with E-state index in [2.05, 4.69) is 157 Å². The van der Waals surface area contributed by atoms with E-state index < -0.39 is 0 Å². The van der Waals surface area contributed by atoms with Gasteiger partial charge >= 0.3 is 0 Å². The topological polar surface area (TPSA) is 21.1 Å². The first kappa shape index (κ1) is 27.2. The summed E-state index contributed by atoms with van der Waals surface area (Å²) in [7, 11) is 0. The van der Waals surface area contributed by atoms with Crippen LogP contribution in [0.5, 0.6) is 0 Å². The maximum Gasteiger partial charge on any atom is 0.137 e. The van der Waals surface area contributed by atoms with Gasteiger partial charge in [-0.3, -0.25) is 0 Å². The number of hydrogen-bond donors (Lipinski definition) is 0. The summed E-state index contributed by atoms with van der Waals surface area (Å²) in [5.74, 6) is 1.13. The third kappa shape index (κ3) is 3.81. The number of nitrogens with zero attached hydrogens (tertiary/aromatic N) is 3. The lowest BCUT2D eigenvalue weighted by Crippen LogP contribution is -2.54. The SMILES string of the molecule is CC12CCCCC1(C)N(c1ccc3c(c1)c1ccccc1n3-c1ccc(-c3ccccc3)cc1-c1ccccc1)c1ncccc12. The van der Waals surface area contributed by atoms with Crippen molar-refractivity contribution in [3.8, 4) is 27.9 Å². The highest BCUT2D eigenvalue weighted by molar-refractivity contribution is 6.11. The average Bonchev–Trinajstić information content (AvgIpc) is 3.54. The van der Waals surface area contributed by atoms with E-state index >= 15 is 0 Å². The summed E-state index contributed by atoms with van der Waals surface area (Å²) >= 11 is 0. The second kappa shape index (κ2) is 10.2. The first-order valence-electron chi connectivity index (χ1n) is 16.6. The molecule has 0 bridgehead atoms. The molecule has 0 saturated heterocycles. The number of pyridine rings is 1. The van der Waals surface area contributed by atoms with Crippen LogP contribution in [0, 0.1) is 0 Å². The first-order chi connectivity index (χ1) is 22.6. The van der Waals surface area contributed by atoms with Gasteiger partial charge in [0.2, 0.25) is 0 Å². The van der Waals surface area contributed by atoms with Gasteiger partial charge in [-0.25, -0.2) is 4.98 Å². The maximum atomic E-state index is 5.03. The Balaban J connectivity index is 1.28. The number of benzene rings is 5. The van der Waals surface area contributed by atoms with Gasteiger partial charge in [0.1, 0.15) is 5.82 Å². The summed E-state index contributed by atoms with van der Waals surface area (Å²) in [6, 6.07) is 48.8. The van der Waals surface area contributed by atoms with Crippen LogP contribution >= 0.6 is 0 Å². The minimum atomic E-state index is -0.0261. The van der Waals surface area contributed by atoms with E-state index in [4.69, 9.17) is 4.98 Å². The van der Waals surface area contributed by atoms with E-state index in [1.807, 2.05) is 6.20 Å². The molecule has 5 aromatic carbocycles. The van der Waals surface area contributed by atoms with Crippen molar-refractivity contribution in [2.75, 3.05) is 4.90 Å². The van der Waals surface area contributed by atoms with Crippen LogP contribution in [0.4, 0.5) is 11.5 Å². The molecule has 1 aliphatic carbocycles. The van der Waals surface area contributed by atoms with Crippen molar-refractivity contribution in [1.82, 2.24) is 9.55 Å². The molecule has 9 rings (SSSR count). The lowest BCUT2D eigenvalue weighted by Gasteiger charge is -2.50. The van der Waals surface area contributed by atoms with Gasteiger partial charge in [0.15, 0.2) is 0 Å². The Morgan fingerprint density at radius 2 is 1.30 bits per heavy atom. The van der Waals surface area contributed by atoms with E-state index in [1.54, 1.807) is 0 Å². The molecule has 2 aliphatic rings. The molecule has 7 aromatic rings. The van der Waals surface area contributed by atoms with E-state index in [0.29, 0.717) is 0 Å². The van der Waals surface area contributed by atoms with Crippen molar-refractivity contribution in [1.29, 1.82) is 0 Å². The monoisotopic (exact) mass is 595 g/mol. The maximum absolute atomic E-state index is 5.03. The Hall–Kier alpha value is -5.15. The summed E-state index contributed by atoms with van der Waals surface area (Å²) in [4.78, 5) is 7.61. The molecule has 2 aromatic heterocycles. The van der Waals surface area contributed by atoms with E-state index in [-0.39, 0.29) is 11.0 Å². The predicted octanol–water partition coefficient (Wildman–Crippen LogP) is 11.3. The molecule has 3 nitrogen and oxygen atoms in total. The van der Waals surface area contributed by atoms with Gasteiger partial charge in [-0.2, -0.15) is 0 Å². The molecule has 1 aliphatic heterocycles. The van der Waals surface area contributed by atoms with Crippen molar-refractivity contribution in [3.63, 3.8) is 0 Å². The molecule has 3 heteroatoms. The molecular weight excluding hydrogens is 558 g/mol. The predicted molar refractivity (Wildman–Crippen MR) is 192 cm³/mol. The third-order valence-electron chi connectivity index (χ3n) is 11.2. The standard InChI is InChI=1S/C43H37N3/c1-42-25-11-12-26-43(42,2)46(41-37(42)19-13-27-44-41)33-22-24-40-36(29-33)34-18-9-10-20-38(34)45(40)39-23-21-32(30-14-5-3-6-15-30)28-35(39)31-16-7-4-8-17-31/h3-10,13-24,27-29H,11-12,25-26H2,1-2H3. The number of hydrogen-bond acceptors (Lipinski definition) is 2. The second-order valence-corrected chi connectivity index (χ2v) is 13.5. The zero-order valence-corrected chi connectivity index (χ0v) is 26.4. The summed E-state index contributed by atoms with van der Waals surface area (Å²) in [6.45, 7) is 4.95. The van der Waals surface area contributed by atoms with Gasteiger partial charge < -0.3 is 9.47 Å². The zero-order chi connectivity index (χ0) is 30.9. The Morgan fingerprint density at radius 1 is 0.587 bits per heavy atom. The Kier molecular flexibility index (Phi) is 6.02. The highest BCUT2D eigenvalue weighted by Gasteiger charge is 2.58. The molecular formula is C43H37N3. The minimum absolute atomic E-state index is 0.0261. The number of rotatable bonds is 4. The van der Waals surface area contributed by atoms with E-state index in [1.165, 1.54) is 80.3 Å². The zero-order valence-electron chi connectivity index (χ0n) is 26.4. The van der Waals surface area contributed by atoms with Crippen LogP contribution in [-0.2, 0) is 5.41 Å². The van der Waals surface area contributed by atoms with Crippen LogP contribution in [-0.4, -0.2) is 15.1 Å². The van der Waals surface area contributed by atoms with Crippen LogP contribution in [0.3, 0.4) is 0 Å². The van der Waals surface area contributed by atoms with Gasteiger partial charge in [-0.15, -0.1) is 0 Å². The molecule has 3 heterocycles. The van der Waals surface area contributed by atoms with Gasteiger partial charge in [0.25, 0.3) is 0 Å². The summed E-state index contributed by atoms with van der Waals surface area (Å²) in [5.41, 5.74) is 11.2. The largest absolute Gasteiger partial charge is 0.319 e. The number of para-hydroxylation sites is 1. The summed E-state index contributed by atoms with van der Waals surface area (Å²) < 4.78 is 2.47. The van der Waals surface area contributed by atoms with E-state index in [9.17, 15) is 0 Å². The fourth-order valence-corrected chi connectivity index (χ4v) is 8.67. The highest BCUT2D eigenvalue weighted by atomic mass is 15.3. The summed E-state index contributed by atoms with van der Waals surface area (Å²) in [6.07, 6.45) is 6.84. The molecule has 2 unspecified atom stereocenters. The number of fused-ring (bicyclic) bond motifs is 6. The Bertz CT molecular complexity index is 2250. The highest BCUT2D eigenvalue weighted by Crippen LogP contribution is 2.60. The first-order valence-corrected chi connectivity index (χ1v) is 16.6. The van der Waals surface area contributed by atoms with Gasteiger partial charge in [0.05, 0.1) is 22.3 Å². The summed E-state index contributed by atoms with van der Waals surface area (Å²) in [5, 5.41) is 2.53. The Morgan fingerprint density at radius 3 is 2.13 bits per heavy atom. The van der Waals surface area contributed by atoms with Crippen LogP contribution in [0.2, 0.25) is 0 Å². The molecule has 0 N–H and O–H groups in total. The normalized spacial score (nSPS) is 20.6. The fourth-order valence-electron chi connectivity index (χ4n) is 8.67. The van der Waals surface area contributed by atoms with Crippen molar-refractivity contribution >= 4 is 33.3 Å². The van der Waals surface area contributed by atoms with Crippen LogP contribution in [0.15, 0.2) is 140 Å². The average molecular weight is 596 g/mol. The molecule has 46 heavy (non-hydrogen) atoms. The van der Waals surface area contributed by atoms with Crippen molar-refractivity contribution in [2.45, 2.75) is 50.5 Å². The number of aromatic nitrogens is 2. The van der Waals surface area contributed by atoms with Crippen LogP contribution in [0.1, 0.15) is 45.1 Å². The lowest BCUT2D eigenvalue weighted by atomic mass is 9.61. The number of anilines is 2. The molecule has 0 spiro atoms. The molecule has 2 atom stereocenters. The second-order valence-electron chi connectivity index (χ2n) is 13.5. The van der Waals surface area contributed by atoms with Gasteiger partial charge in [0, 0.05) is 39.2 Å². The molecule has 1 saturated carbocycles. The van der Waals surface area contributed by atoms with Crippen molar-refractivity contribution < 1.29 is 0 Å². The van der Waals surface area contributed by atoms with Crippen molar-refractivity contribution in [3.05, 3.63) is 145 Å². The quantitative estimate of drug-likeness (QED) is 0.202. The van der Waals surface area contributed by atoms with Crippen LogP contribution in [0.25, 0.3) is 49.7 Å². The molecule has 1 fully saturated rings. The molecule has 224 valence electrons. The molecule has 0 amide bonds. The minimum Gasteiger partial charge on any atom is -0.319 e. The smallest absolute Gasteiger partial charge is 0.137 e. The fraction of sp³-hybridized carbons (Fsp3) is 0.186. The van der Waals surface area contributed by atoms with Gasteiger partial charge in [-0.05, 0) is 78.9 Å². The van der Waals surface area contributed by atoms with Gasteiger partial charge in [-0.1, -0.05) is 111 Å². The molecule has 0 radical (unpaired) electrons. The van der Waals surface area contributed by atoms with E-state index in [0.717, 1.165) is 12.2 Å². The lowest BCUT2D eigenvalue weighted by molar-refractivity contribution is 0.195. The Labute approximate surface area is 270 Å².